The third-order valence-corrected chi connectivity index (χ3v) is 6.27. The normalized spacial score (nSPS) is 14.9. The van der Waals surface area contributed by atoms with Gasteiger partial charge in [-0.2, -0.15) is 11.3 Å². The Balaban J connectivity index is 1.66. The minimum Gasteiger partial charge on any atom is -0.497 e. The second kappa shape index (κ2) is 9.45. The van der Waals surface area contributed by atoms with Crippen molar-refractivity contribution < 1.29 is 13.9 Å². The Morgan fingerprint density at radius 2 is 1.87 bits per heavy atom. The summed E-state index contributed by atoms with van der Waals surface area (Å²) in [5, 5.41) is 4.10. The van der Waals surface area contributed by atoms with Gasteiger partial charge in [-0.25, -0.2) is 4.39 Å². The molecule has 160 valence electrons. The first-order chi connectivity index (χ1) is 15.0. The fourth-order valence-corrected chi connectivity index (χ4v) is 4.36. The number of ether oxygens (including phenoxy) is 1. The Bertz CT molecular complexity index is 1090. The summed E-state index contributed by atoms with van der Waals surface area (Å²) < 4.78 is 19.3. The van der Waals surface area contributed by atoms with E-state index in [-0.39, 0.29) is 5.78 Å². The van der Waals surface area contributed by atoms with Crippen LogP contribution < -0.4 is 9.64 Å². The molecule has 1 aromatic heterocycles. The molecule has 0 saturated carbocycles. The largest absolute Gasteiger partial charge is 0.497 e. The van der Waals surface area contributed by atoms with E-state index in [4.69, 9.17) is 4.74 Å². The Kier molecular flexibility index (Phi) is 6.49. The number of anilines is 1. The van der Waals surface area contributed by atoms with Crippen LogP contribution in [0.5, 0.6) is 5.75 Å². The van der Waals surface area contributed by atoms with Crippen molar-refractivity contribution in [2.75, 3.05) is 45.2 Å². The molecule has 0 bridgehead atoms. The first-order valence-corrected chi connectivity index (χ1v) is 11.2. The van der Waals surface area contributed by atoms with Crippen LogP contribution in [-0.2, 0) is 0 Å². The number of thiophene rings is 1. The maximum Gasteiger partial charge on any atom is 0.187 e. The van der Waals surface area contributed by atoms with Gasteiger partial charge in [0.05, 0.1) is 7.11 Å². The van der Waals surface area contributed by atoms with Crippen molar-refractivity contribution in [2.24, 2.45) is 0 Å². The van der Waals surface area contributed by atoms with Gasteiger partial charge in [-0.15, -0.1) is 0 Å². The summed E-state index contributed by atoms with van der Waals surface area (Å²) in [6.07, 6.45) is 2.99. The summed E-state index contributed by atoms with van der Waals surface area (Å²) in [5.74, 6) is -0.113. The molecule has 1 aliphatic heterocycles. The molecule has 4 nitrogen and oxygen atoms in total. The van der Waals surface area contributed by atoms with Crippen LogP contribution >= 0.6 is 11.3 Å². The summed E-state index contributed by atoms with van der Waals surface area (Å²) in [6.45, 7) is 3.64. The SMILES string of the molecule is COc1ccc(/C=C/C(=O)c2cc(-c3ccsc3)ccc2N2CCN(C)CC2)c(F)c1. The van der Waals surface area contributed by atoms with Crippen molar-refractivity contribution in [3.63, 3.8) is 0 Å². The third kappa shape index (κ3) is 4.86. The van der Waals surface area contributed by atoms with Crippen molar-refractivity contribution >= 4 is 28.9 Å². The van der Waals surface area contributed by atoms with Crippen molar-refractivity contribution in [1.29, 1.82) is 0 Å². The number of benzene rings is 2. The van der Waals surface area contributed by atoms with Gasteiger partial charge in [0.15, 0.2) is 5.78 Å². The summed E-state index contributed by atoms with van der Waals surface area (Å²) >= 11 is 1.63. The highest BCUT2D eigenvalue weighted by atomic mass is 32.1. The fourth-order valence-electron chi connectivity index (χ4n) is 3.69. The van der Waals surface area contributed by atoms with E-state index in [9.17, 15) is 9.18 Å². The van der Waals surface area contributed by atoms with Crippen molar-refractivity contribution in [2.45, 2.75) is 0 Å². The number of likely N-dealkylation sites (N-methyl/N-ethyl adjacent to an activating group) is 1. The van der Waals surface area contributed by atoms with Gasteiger partial charge >= 0.3 is 0 Å². The Labute approximate surface area is 186 Å². The van der Waals surface area contributed by atoms with Crippen molar-refractivity contribution in [3.05, 3.63) is 76.2 Å². The molecule has 1 saturated heterocycles. The van der Waals surface area contributed by atoms with E-state index in [1.807, 2.05) is 23.6 Å². The first kappa shape index (κ1) is 21.3. The van der Waals surface area contributed by atoms with E-state index >= 15 is 0 Å². The highest BCUT2D eigenvalue weighted by molar-refractivity contribution is 7.08. The van der Waals surface area contributed by atoms with Crippen LogP contribution in [0, 0.1) is 5.82 Å². The third-order valence-electron chi connectivity index (χ3n) is 5.58. The molecule has 0 atom stereocenters. The molecule has 0 aliphatic carbocycles. The van der Waals surface area contributed by atoms with Gasteiger partial charge in [-0.3, -0.25) is 4.79 Å². The van der Waals surface area contributed by atoms with Crippen LogP contribution in [0.4, 0.5) is 10.1 Å². The number of rotatable bonds is 6. The van der Waals surface area contributed by atoms with E-state index in [0.717, 1.165) is 43.0 Å². The van der Waals surface area contributed by atoms with Gasteiger partial charge in [-0.05, 0) is 71.4 Å². The van der Waals surface area contributed by atoms with Crippen LogP contribution in [0.2, 0.25) is 0 Å². The lowest BCUT2D eigenvalue weighted by Gasteiger charge is -2.35. The second-order valence-electron chi connectivity index (χ2n) is 7.62. The topological polar surface area (TPSA) is 32.8 Å². The number of carbonyl (C=O) groups excluding carboxylic acids is 1. The molecule has 1 fully saturated rings. The molecule has 4 rings (SSSR count). The Hall–Kier alpha value is -2.96. The Morgan fingerprint density at radius 3 is 2.55 bits per heavy atom. The lowest BCUT2D eigenvalue weighted by molar-refractivity contribution is 0.104. The number of nitrogens with zero attached hydrogens (tertiary/aromatic N) is 2. The fraction of sp³-hybridized carbons (Fsp3) is 0.240. The lowest BCUT2D eigenvalue weighted by atomic mass is 9.99. The highest BCUT2D eigenvalue weighted by Gasteiger charge is 2.20. The molecule has 2 heterocycles. The number of methoxy groups -OCH3 is 1. The molecule has 1 aliphatic rings. The molecular weight excluding hydrogens is 411 g/mol. The predicted molar refractivity (Wildman–Crippen MR) is 126 cm³/mol. The number of allylic oxidation sites excluding steroid dienone is 1. The van der Waals surface area contributed by atoms with Gasteiger partial charge in [0.1, 0.15) is 11.6 Å². The molecule has 0 radical (unpaired) electrons. The Morgan fingerprint density at radius 1 is 1.06 bits per heavy atom. The summed E-state index contributed by atoms with van der Waals surface area (Å²) in [6, 6.07) is 12.7. The van der Waals surface area contributed by atoms with Gasteiger partial charge in [-0.1, -0.05) is 6.07 Å². The molecular formula is C25H25FN2O2S. The van der Waals surface area contributed by atoms with E-state index < -0.39 is 5.82 Å². The molecule has 31 heavy (non-hydrogen) atoms. The zero-order valence-electron chi connectivity index (χ0n) is 17.7. The number of piperazine rings is 1. The van der Waals surface area contributed by atoms with E-state index in [2.05, 4.69) is 28.3 Å². The van der Waals surface area contributed by atoms with Gasteiger partial charge in [0.25, 0.3) is 0 Å². The average Bonchev–Trinajstić information content (AvgIpc) is 3.33. The van der Waals surface area contributed by atoms with Crippen LogP contribution in [0.25, 0.3) is 17.2 Å². The molecule has 0 spiro atoms. The number of hydrogen-bond donors (Lipinski definition) is 0. The summed E-state index contributed by atoms with van der Waals surface area (Å²) in [7, 11) is 3.60. The monoisotopic (exact) mass is 436 g/mol. The zero-order valence-corrected chi connectivity index (χ0v) is 18.5. The zero-order chi connectivity index (χ0) is 21.8. The highest BCUT2D eigenvalue weighted by Crippen LogP contribution is 2.30. The molecule has 0 amide bonds. The average molecular weight is 437 g/mol. The smallest absolute Gasteiger partial charge is 0.187 e. The minimum absolute atomic E-state index is 0.138. The number of carbonyl (C=O) groups is 1. The molecule has 2 aromatic carbocycles. The summed E-state index contributed by atoms with van der Waals surface area (Å²) in [5.41, 5.74) is 4.01. The molecule has 0 unspecified atom stereocenters. The summed E-state index contributed by atoms with van der Waals surface area (Å²) in [4.78, 5) is 17.8. The number of halogens is 1. The lowest BCUT2D eigenvalue weighted by Crippen LogP contribution is -2.45. The molecule has 0 N–H and O–H groups in total. The van der Waals surface area contributed by atoms with Crippen molar-refractivity contribution in [1.82, 2.24) is 4.90 Å². The number of ketones is 1. The van der Waals surface area contributed by atoms with Gasteiger partial charge in [0.2, 0.25) is 0 Å². The quantitative estimate of drug-likeness (QED) is 0.392. The maximum atomic E-state index is 14.3. The predicted octanol–water partition coefficient (Wildman–Crippen LogP) is 5.21. The van der Waals surface area contributed by atoms with E-state index in [1.54, 1.807) is 23.5 Å². The van der Waals surface area contributed by atoms with Gasteiger partial charge < -0.3 is 14.5 Å². The van der Waals surface area contributed by atoms with Crippen LogP contribution in [0.3, 0.4) is 0 Å². The number of hydrogen-bond acceptors (Lipinski definition) is 5. The standard InChI is InChI=1S/C25H25FN2O2S/c1-27-10-12-28(13-11-27)24-7-4-19(20-9-14-31-17-20)15-22(24)25(29)8-5-18-3-6-21(30-2)16-23(18)26/h3-9,14-17H,10-13H2,1-2H3/b8-5+. The van der Waals surface area contributed by atoms with E-state index in [1.165, 1.54) is 25.3 Å². The van der Waals surface area contributed by atoms with Gasteiger partial charge in [0, 0.05) is 49.1 Å². The molecule has 3 aromatic rings. The minimum atomic E-state index is -0.422. The van der Waals surface area contributed by atoms with E-state index in [0.29, 0.717) is 16.9 Å². The van der Waals surface area contributed by atoms with Crippen LogP contribution in [0.15, 0.2) is 59.3 Å². The van der Waals surface area contributed by atoms with Crippen LogP contribution in [-0.4, -0.2) is 51.0 Å². The van der Waals surface area contributed by atoms with Crippen LogP contribution in [0.1, 0.15) is 15.9 Å². The maximum absolute atomic E-state index is 14.3. The molecule has 6 heteroatoms. The van der Waals surface area contributed by atoms with Crippen molar-refractivity contribution in [3.8, 4) is 16.9 Å². The first-order valence-electron chi connectivity index (χ1n) is 10.2. The second-order valence-corrected chi connectivity index (χ2v) is 8.40.